The lowest BCUT2D eigenvalue weighted by Crippen LogP contribution is -2.50. The number of amides is 2. The molecule has 16 heavy (non-hydrogen) atoms. The Morgan fingerprint density at radius 3 is 2.62 bits per heavy atom. The fourth-order valence-corrected chi connectivity index (χ4v) is 2.42. The van der Waals surface area contributed by atoms with Gasteiger partial charge in [0.2, 0.25) is 0 Å². The minimum atomic E-state index is -0.136. The molecule has 94 valence electrons. The van der Waals surface area contributed by atoms with Crippen molar-refractivity contribution in [3.8, 4) is 0 Å². The maximum absolute atomic E-state index is 11.9. The van der Waals surface area contributed by atoms with Gasteiger partial charge in [0.05, 0.1) is 6.61 Å². The highest BCUT2D eigenvalue weighted by Gasteiger charge is 2.39. The third-order valence-corrected chi connectivity index (χ3v) is 3.79. The zero-order valence-electron chi connectivity index (χ0n) is 10.6. The van der Waals surface area contributed by atoms with Crippen molar-refractivity contribution in [2.24, 2.45) is 5.41 Å². The third kappa shape index (κ3) is 2.67. The molecule has 2 amide bonds. The summed E-state index contributed by atoms with van der Waals surface area (Å²) in [7, 11) is 0. The molecule has 4 heteroatoms. The number of carbonyl (C=O) groups is 1. The van der Waals surface area contributed by atoms with E-state index in [1.807, 2.05) is 20.8 Å². The highest BCUT2D eigenvalue weighted by Crippen LogP contribution is 2.37. The summed E-state index contributed by atoms with van der Waals surface area (Å²) < 4.78 is 0. The summed E-state index contributed by atoms with van der Waals surface area (Å²) >= 11 is 0. The molecule has 1 rings (SSSR count). The molecular weight excluding hydrogens is 204 g/mol. The van der Waals surface area contributed by atoms with Crippen molar-refractivity contribution < 1.29 is 9.90 Å². The molecule has 0 saturated heterocycles. The summed E-state index contributed by atoms with van der Waals surface area (Å²) in [5.41, 5.74) is -0.136. The van der Waals surface area contributed by atoms with E-state index >= 15 is 0 Å². The van der Waals surface area contributed by atoms with Crippen LogP contribution in [0.25, 0.3) is 0 Å². The van der Waals surface area contributed by atoms with Crippen molar-refractivity contribution in [3.05, 3.63) is 0 Å². The first-order valence-corrected chi connectivity index (χ1v) is 6.23. The lowest BCUT2D eigenvalue weighted by Gasteiger charge is -2.32. The molecule has 0 radical (unpaired) electrons. The van der Waals surface area contributed by atoms with Gasteiger partial charge in [-0.1, -0.05) is 13.3 Å². The summed E-state index contributed by atoms with van der Waals surface area (Å²) in [6, 6.07) is 0.113. The SMILES string of the molecule is CCN(CC)C(=O)NC1CCCC1(C)CO. The number of urea groups is 1. The number of nitrogens with zero attached hydrogens (tertiary/aromatic N) is 1. The Kier molecular flexibility index (Phi) is 4.59. The zero-order valence-corrected chi connectivity index (χ0v) is 10.6. The molecule has 2 atom stereocenters. The molecule has 1 saturated carbocycles. The average molecular weight is 228 g/mol. The van der Waals surface area contributed by atoms with E-state index in [1.54, 1.807) is 4.90 Å². The molecule has 0 aromatic rings. The van der Waals surface area contributed by atoms with Crippen molar-refractivity contribution >= 4 is 6.03 Å². The van der Waals surface area contributed by atoms with Crippen LogP contribution in [0, 0.1) is 5.41 Å². The third-order valence-electron chi connectivity index (χ3n) is 3.79. The quantitative estimate of drug-likeness (QED) is 0.767. The molecule has 4 nitrogen and oxygen atoms in total. The summed E-state index contributed by atoms with van der Waals surface area (Å²) in [4.78, 5) is 13.7. The molecule has 0 aromatic carbocycles. The highest BCUT2D eigenvalue weighted by molar-refractivity contribution is 5.74. The van der Waals surface area contributed by atoms with Crippen LogP contribution in [0.1, 0.15) is 40.0 Å². The van der Waals surface area contributed by atoms with Crippen LogP contribution in [0.4, 0.5) is 4.79 Å². The van der Waals surface area contributed by atoms with Gasteiger partial charge in [0, 0.05) is 24.5 Å². The van der Waals surface area contributed by atoms with Crippen molar-refractivity contribution in [1.29, 1.82) is 0 Å². The molecule has 1 fully saturated rings. The van der Waals surface area contributed by atoms with E-state index in [4.69, 9.17) is 0 Å². The van der Waals surface area contributed by atoms with E-state index in [9.17, 15) is 9.90 Å². The standard InChI is InChI=1S/C12H24N2O2/c1-4-14(5-2)11(16)13-10-7-6-8-12(10,3)9-15/h10,15H,4-9H2,1-3H3,(H,13,16). The fourth-order valence-electron chi connectivity index (χ4n) is 2.42. The summed E-state index contributed by atoms with van der Waals surface area (Å²) in [6.07, 6.45) is 3.05. The molecular formula is C12H24N2O2. The van der Waals surface area contributed by atoms with E-state index in [0.717, 1.165) is 32.4 Å². The van der Waals surface area contributed by atoms with Gasteiger partial charge in [-0.15, -0.1) is 0 Å². The van der Waals surface area contributed by atoms with E-state index in [2.05, 4.69) is 5.32 Å². The molecule has 0 aromatic heterocycles. The summed E-state index contributed by atoms with van der Waals surface area (Å²) in [6.45, 7) is 7.60. The van der Waals surface area contributed by atoms with Gasteiger partial charge in [-0.05, 0) is 26.7 Å². The van der Waals surface area contributed by atoms with Gasteiger partial charge >= 0.3 is 6.03 Å². The number of carbonyl (C=O) groups excluding carboxylic acids is 1. The Morgan fingerprint density at radius 2 is 2.12 bits per heavy atom. The smallest absolute Gasteiger partial charge is 0.317 e. The predicted octanol–water partition coefficient (Wildman–Crippen LogP) is 1.59. The van der Waals surface area contributed by atoms with Crippen molar-refractivity contribution in [1.82, 2.24) is 10.2 Å². The van der Waals surface area contributed by atoms with Gasteiger partial charge in [0.1, 0.15) is 0 Å². The molecule has 0 heterocycles. The van der Waals surface area contributed by atoms with Gasteiger partial charge in [-0.25, -0.2) is 4.79 Å². The van der Waals surface area contributed by atoms with Crippen LogP contribution < -0.4 is 5.32 Å². The first kappa shape index (κ1) is 13.3. The van der Waals surface area contributed by atoms with Crippen LogP contribution in [-0.4, -0.2) is 41.8 Å². The van der Waals surface area contributed by atoms with Crippen molar-refractivity contribution in [3.63, 3.8) is 0 Å². The number of nitrogens with one attached hydrogen (secondary N) is 1. The summed E-state index contributed by atoms with van der Waals surface area (Å²) in [5.74, 6) is 0. The average Bonchev–Trinajstić information content (AvgIpc) is 2.63. The maximum atomic E-state index is 11.9. The van der Waals surface area contributed by atoms with Crippen molar-refractivity contribution in [2.45, 2.75) is 46.1 Å². The van der Waals surface area contributed by atoms with E-state index < -0.39 is 0 Å². The second-order valence-corrected chi connectivity index (χ2v) is 4.88. The Labute approximate surface area is 98.0 Å². The maximum Gasteiger partial charge on any atom is 0.317 e. The number of hydrogen-bond donors (Lipinski definition) is 2. The van der Waals surface area contributed by atoms with Gasteiger partial charge in [0.25, 0.3) is 0 Å². The molecule has 0 spiro atoms. The fraction of sp³-hybridized carbons (Fsp3) is 0.917. The number of aliphatic hydroxyl groups is 1. The van der Waals surface area contributed by atoms with Crippen LogP contribution >= 0.6 is 0 Å². The van der Waals surface area contributed by atoms with Gasteiger partial charge < -0.3 is 15.3 Å². The second-order valence-electron chi connectivity index (χ2n) is 4.88. The molecule has 2 N–H and O–H groups in total. The Morgan fingerprint density at radius 1 is 1.50 bits per heavy atom. The molecule has 1 aliphatic rings. The second kappa shape index (κ2) is 5.53. The minimum Gasteiger partial charge on any atom is -0.396 e. The number of rotatable bonds is 4. The van der Waals surface area contributed by atoms with Crippen molar-refractivity contribution in [2.75, 3.05) is 19.7 Å². The zero-order chi connectivity index (χ0) is 12.2. The normalized spacial score (nSPS) is 29.1. The van der Waals surface area contributed by atoms with Crippen LogP contribution in [0.2, 0.25) is 0 Å². The topological polar surface area (TPSA) is 52.6 Å². The van der Waals surface area contributed by atoms with Gasteiger partial charge in [-0.2, -0.15) is 0 Å². The first-order valence-electron chi connectivity index (χ1n) is 6.23. The van der Waals surface area contributed by atoms with Gasteiger partial charge in [0.15, 0.2) is 0 Å². The van der Waals surface area contributed by atoms with E-state index in [1.165, 1.54) is 0 Å². The minimum absolute atomic E-state index is 0.00317. The first-order chi connectivity index (χ1) is 7.57. The van der Waals surface area contributed by atoms with Crippen LogP contribution in [0.5, 0.6) is 0 Å². The summed E-state index contributed by atoms with van der Waals surface area (Å²) in [5, 5.41) is 12.4. The van der Waals surface area contributed by atoms with Gasteiger partial charge in [-0.3, -0.25) is 0 Å². The largest absolute Gasteiger partial charge is 0.396 e. The van der Waals surface area contributed by atoms with E-state index in [0.29, 0.717) is 0 Å². The van der Waals surface area contributed by atoms with E-state index in [-0.39, 0.29) is 24.1 Å². The Hall–Kier alpha value is -0.770. The molecule has 0 aliphatic heterocycles. The Bertz CT molecular complexity index is 241. The number of aliphatic hydroxyl groups excluding tert-OH is 1. The number of hydrogen-bond acceptors (Lipinski definition) is 2. The predicted molar refractivity (Wildman–Crippen MR) is 64.3 cm³/mol. The Balaban J connectivity index is 2.56. The molecule has 0 bridgehead atoms. The van der Waals surface area contributed by atoms with Crippen LogP contribution in [0.3, 0.4) is 0 Å². The lowest BCUT2D eigenvalue weighted by molar-refractivity contribution is 0.116. The lowest BCUT2D eigenvalue weighted by atomic mass is 9.86. The van der Waals surface area contributed by atoms with Crippen LogP contribution in [0.15, 0.2) is 0 Å². The van der Waals surface area contributed by atoms with Crippen LogP contribution in [-0.2, 0) is 0 Å². The molecule has 2 unspecified atom stereocenters. The molecule has 1 aliphatic carbocycles. The highest BCUT2D eigenvalue weighted by atomic mass is 16.3. The monoisotopic (exact) mass is 228 g/mol.